The summed E-state index contributed by atoms with van der Waals surface area (Å²) < 4.78 is 7.35. The van der Waals surface area contributed by atoms with Gasteiger partial charge in [0.15, 0.2) is 17.1 Å². The quantitative estimate of drug-likeness (QED) is 0.433. The largest absolute Gasteiger partial charge is 0.378 e. The molecule has 3 N–H and O–H groups in total. The second kappa shape index (κ2) is 7.82. The van der Waals surface area contributed by atoms with Gasteiger partial charge in [0.25, 0.3) is 5.91 Å². The number of amides is 1. The van der Waals surface area contributed by atoms with Crippen molar-refractivity contribution in [2.45, 2.75) is 12.5 Å². The number of anilines is 4. The molecule has 0 radical (unpaired) electrons. The standard InChI is InChI=1S/C25H24N6O3/c1-25(33)19-7-2-16(14-20(19)29-24(25)32)21-15-31-9-8-26-23(31)22(28-21)27-17-3-5-18(6-4-17)30-10-12-34-13-11-30/h2-9,14-15,33H,10-13H2,1H3,(H,27,28)(H,29,32)/t25-/m1/s1. The minimum Gasteiger partial charge on any atom is -0.378 e. The number of aromatic nitrogens is 3. The Hall–Kier alpha value is -3.95. The summed E-state index contributed by atoms with van der Waals surface area (Å²) in [6.07, 6.45) is 5.49. The molecule has 2 aromatic carbocycles. The number of fused-ring (bicyclic) bond motifs is 2. The van der Waals surface area contributed by atoms with Gasteiger partial charge in [-0.3, -0.25) is 4.79 Å². The van der Waals surface area contributed by atoms with Gasteiger partial charge in [-0.15, -0.1) is 0 Å². The highest BCUT2D eigenvalue weighted by molar-refractivity contribution is 6.05. The second-order valence-corrected chi connectivity index (χ2v) is 8.69. The van der Waals surface area contributed by atoms with Gasteiger partial charge in [0.05, 0.1) is 18.9 Å². The molecule has 1 fully saturated rings. The van der Waals surface area contributed by atoms with Crippen LogP contribution in [0.2, 0.25) is 0 Å². The fourth-order valence-electron chi connectivity index (χ4n) is 4.47. The molecule has 9 nitrogen and oxygen atoms in total. The maximum atomic E-state index is 12.1. The van der Waals surface area contributed by atoms with Crippen LogP contribution in [0.25, 0.3) is 16.9 Å². The monoisotopic (exact) mass is 456 g/mol. The van der Waals surface area contributed by atoms with Gasteiger partial charge in [-0.2, -0.15) is 0 Å². The minimum atomic E-state index is -1.53. The van der Waals surface area contributed by atoms with Gasteiger partial charge >= 0.3 is 0 Å². The first-order valence-corrected chi connectivity index (χ1v) is 11.2. The summed E-state index contributed by atoms with van der Waals surface area (Å²) >= 11 is 0. The Morgan fingerprint density at radius 2 is 1.94 bits per heavy atom. The zero-order valence-electron chi connectivity index (χ0n) is 18.7. The molecule has 2 aromatic heterocycles. The van der Waals surface area contributed by atoms with Crippen LogP contribution in [0, 0.1) is 0 Å². The van der Waals surface area contributed by atoms with E-state index < -0.39 is 11.5 Å². The van der Waals surface area contributed by atoms with Gasteiger partial charge in [0.2, 0.25) is 0 Å². The molecule has 34 heavy (non-hydrogen) atoms. The average Bonchev–Trinajstić information content (AvgIpc) is 3.42. The topological polar surface area (TPSA) is 104 Å². The van der Waals surface area contributed by atoms with Crippen LogP contribution < -0.4 is 15.5 Å². The van der Waals surface area contributed by atoms with E-state index in [9.17, 15) is 9.90 Å². The van der Waals surface area contributed by atoms with Gasteiger partial charge in [-0.25, -0.2) is 9.97 Å². The Morgan fingerprint density at radius 1 is 1.15 bits per heavy atom. The number of hydrogen-bond acceptors (Lipinski definition) is 7. The Bertz CT molecular complexity index is 1390. The summed E-state index contributed by atoms with van der Waals surface area (Å²) in [5.74, 6) is 0.193. The molecule has 0 bridgehead atoms. The molecule has 0 unspecified atom stereocenters. The molecule has 4 aromatic rings. The van der Waals surface area contributed by atoms with E-state index in [0.29, 0.717) is 28.4 Å². The van der Waals surface area contributed by atoms with E-state index >= 15 is 0 Å². The van der Waals surface area contributed by atoms with Crippen molar-refractivity contribution in [3.8, 4) is 11.3 Å². The van der Waals surface area contributed by atoms with Crippen LogP contribution in [0.1, 0.15) is 12.5 Å². The minimum absolute atomic E-state index is 0.430. The average molecular weight is 457 g/mol. The number of imidazole rings is 1. The number of nitrogens with zero attached hydrogens (tertiary/aromatic N) is 4. The highest BCUT2D eigenvalue weighted by Crippen LogP contribution is 2.38. The Labute approximate surface area is 196 Å². The molecule has 1 amide bonds. The molecule has 1 saturated heterocycles. The predicted molar refractivity (Wildman–Crippen MR) is 129 cm³/mol. The third kappa shape index (κ3) is 3.46. The van der Waals surface area contributed by atoms with Crippen LogP contribution in [-0.2, 0) is 15.1 Å². The molecule has 2 aliphatic rings. The van der Waals surface area contributed by atoms with Crippen molar-refractivity contribution in [3.63, 3.8) is 0 Å². The Morgan fingerprint density at radius 3 is 2.74 bits per heavy atom. The normalized spacial score (nSPS) is 19.8. The first kappa shape index (κ1) is 20.6. The van der Waals surface area contributed by atoms with E-state index in [1.165, 1.54) is 6.92 Å². The van der Waals surface area contributed by atoms with E-state index in [-0.39, 0.29) is 0 Å². The van der Waals surface area contributed by atoms with Crippen molar-refractivity contribution in [3.05, 3.63) is 66.6 Å². The highest BCUT2D eigenvalue weighted by atomic mass is 16.5. The number of morpholine rings is 1. The number of carbonyl (C=O) groups excluding carboxylic acids is 1. The predicted octanol–water partition coefficient (Wildman–Crippen LogP) is 3.14. The zero-order chi connectivity index (χ0) is 23.3. The molecule has 2 aliphatic heterocycles. The molecular formula is C25H24N6O3. The summed E-state index contributed by atoms with van der Waals surface area (Å²) in [7, 11) is 0. The third-order valence-corrected chi connectivity index (χ3v) is 6.41. The van der Waals surface area contributed by atoms with Gasteiger partial charge in [-0.1, -0.05) is 12.1 Å². The fourth-order valence-corrected chi connectivity index (χ4v) is 4.47. The van der Waals surface area contributed by atoms with Crippen molar-refractivity contribution in [1.29, 1.82) is 0 Å². The van der Waals surface area contributed by atoms with Crippen LogP contribution >= 0.6 is 0 Å². The van der Waals surface area contributed by atoms with Crippen molar-refractivity contribution in [1.82, 2.24) is 14.4 Å². The lowest BCUT2D eigenvalue weighted by Gasteiger charge is -2.28. The zero-order valence-corrected chi connectivity index (χ0v) is 18.7. The number of carbonyl (C=O) groups is 1. The van der Waals surface area contributed by atoms with Crippen molar-refractivity contribution in [2.24, 2.45) is 0 Å². The summed E-state index contributed by atoms with van der Waals surface area (Å²) in [5, 5.41) is 16.6. The summed E-state index contributed by atoms with van der Waals surface area (Å²) in [4.78, 5) is 23.7. The maximum absolute atomic E-state index is 12.1. The molecular weight excluding hydrogens is 432 g/mol. The van der Waals surface area contributed by atoms with Gasteiger partial charge in [-0.05, 0) is 37.3 Å². The van der Waals surface area contributed by atoms with Crippen molar-refractivity contribution >= 4 is 34.4 Å². The van der Waals surface area contributed by atoms with Crippen LogP contribution in [0.15, 0.2) is 61.1 Å². The van der Waals surface area contributed by atoms with E-state index in [2.05, 4.69) is 32.7 Å². The third-order valence-electron chi connectivity index (χ3n) is 6.41. The van der Waals surface area contributed by atoms with Crippen LogP contribution in [0.4, 0.5) is 22.9 Å². The van der Waals surface area contributed by atoms with Gasteiger partial charge in [0, 0.05) is 59.9 Å². The van der Waals surface area contributed by atoms with Crippen LogP contribution in [-0.4, -0.2) is 51.7 Å². The SMILES string of the molecule is C[C@]1(O)C(=O)Nc2cc(-c3cn4ccnc4c(Nc4ccc(N5CCOCC5)cc4)n3)ccc21. The first-order chi connectivity index (χ1) is 16.5. The molecule has 1 atom stereocenters. The van der Waals surface area contributed by atoms with Gasteiger partial charge < -0.3 is 29.8 Å². The summed E-state index contributed by atoms with van der Waals surface area (Å²) in [5.41, 5.74) is 3.92. The summed E-state index contributed by atoms with van der Waals surface area (Å²) in [6, 6.07) is 13.7. The molecule has 9 heteroatoms. The molecule has 0 aliphatic carbocycles. The molecule has 6 rings (SSSR count). The lowest BCUT2D eigenvalue weighted by molar-refractivity contribution is -0.131. The van der Waals surface area contributed by atoms with E-state index in [1.54, 1.807) is 12.3 Å². The van der Waals surface area contributed by atoms with Crippen LogP contribution in [0.5, 0.6) is 0 Å². The first-order valence-electron chi connectivity index (χ1n) is 11.2. The highest BCUT2D eigenvalue weighted by Gasteiger charge is 2.40. The maximum Gasteiger partial charge on any atom is 0.260 e. The number of hydrogen-bond donors (Lipinski definition) is 3. The van der Waals surface area contributed by atoms with Gasteiger partial charge in [0.1, 0.15) is 0 Å². The Kier molecular flexibility index (Phi) is 4.75. The Balaban J connectivity index is 1.32. The van der Waals surface area contributed by atoms with Crippen molar-refractivity contribution < 1.29 is 14.6 Å². The molecule has 0 spiro atoms. The number of benzene rings is 2. The lowest BCUT2D eigenvalue weighted by Crippen LogP contribution is -2.36. The smallest absolute Gasteiger partial charge is 0.260 e. The fraction of sp³-hybridized carbons (Fsp3) is 0.240. The second-order valence-electron chi connectivity index (χ2n) is 8.69. The van der Waals surface area contributed by atoms with E-state index in [4.69, 9.17) is 9.72 Å². The molecule has 0 saturated carbocycles. The number of aliphatic hydroxyl groups is 1. The number of nitrogens with one attached hydrogen (secondary N) is 2. The number of ether oxygens (including phenoxy) is 1. The lowest BCUT2D eigenvalue weighted by atomic mass is 9.96. The molecule has 172 valence electrons. The molecule has 4 heterocycles. The van der Waals surface area contributed by atoms with E-state index in [0.717, 1.165) is 43.2 Å². The van der Waals surface area contributed by atoms with E-state index in [1.807, 2.05) is 41.1 Å². The van der Waals surface area contributed by atoms with Crippen molar-refractivity contribution in [2.75, 3.05) is 41.8 Å². The summed E-state index contributed by atoms with van der Waals surface area (Å²) in [6.45, 7) is 4.77. The number of rotatable bonds is 4. The van der Waals surface area contributed by atoms with Crippen LogP contribution in [0.3, 0.4) is 0 Å².